The van der Waals surface area contributed by atoms with Crippen LogP contribution in [0.15, 0.2) is 0 Å². The lowest BCUT2D eigenvalue weighted by atomic mass is 9.51. The molecule has 0 aliphatic rings. The fourth-order valence-electron chi connectivity index (χ4n) is 4.38. The van der Waals surface area contributed by atoms with Crippen LogP contribution in [0.1, 0.15) is 88.5 Å². The van der Waals surface area contributed by atoms with E-state index in [0.717, 1.165) is 6.85 Å². The number of hydrogen-bond donors (Lipinski definition) is 0. The first kappa shape index (κ1) is 25.0. The van der Waals surface area contributed by atoms with E-state index in [0.29, 0.717) is 6.85 Å². The number of hydrogen-bond acceptors (Lipinski definition) is 2. The molecule has 0 atom stereocenters. The molecule has 4 heteroatoms. The minimum Gasteiger partial charge on any atom is -0.336 e. The summed E-state index contributed by atoms with van der Waals surface area (Å²) in [5, 5.41) is 0. The van der Waals surface area contributed by atoms with Crippen molar-refractivity contribution in [3.8, 4) is 0 Å². The molecule has 0 aromatic rings. The zero-order chi connectivity index (χ0) is 19.7. The molecule has 0 saturated heterocycles. The van der Waals surface area contributed by atoms with Crippen molar-refractivity contribution < 1.29 is 0 Å². The van der Waals surface area contributed by atoms with Crippen molar-refractivity contribution in [2.24, 2.45) is 0 Å². The van der Waals surface area contributed by atoms with E-state index in [1.165, 1.54) is 57.6 Å². The van der Waals surface area contributed by atoms with E-state index in [1.807, 2.05) is 0 Å². The van der Waals surface area contributed by atoms with Gasteiger partial charge in [0.15, 0.2) is 0 Å². The van der Waals surface area contributed by atoms with Crippen LogP contribution in [0.4, 0.5) is 0 Å². The number of rotatable bonds is 12. The van der Waals surface area contributed by atoms with Crippen molar-refractivity contribution in [3.05, 3.63) is 0 Å². The molecule has 0 saturated carbocycles. The summed E-state index contributed by atoms with van der Waals surface area (Å²) in [6.45, 7) is 27.5. The molecule has 2 nitrogen and oxygen atoms in total. The highest BCUT2D eigenvalue weighted by molar-refractivity contribution is 6.56. The van der Waals surface area contributed by atoms with E-state index in [2.05, 4.69) is 78.9 Å². The van der Waals surface area contributed by atoms with Crippen LogP contribution in [-0.2, 0) is 0 Å². The Labute approximate surface area is 161 Å². The molecule has 0 aliphatic heterocycles. The maximum absolute atomic E-state index is 2.80. The summed E-state index contributed by atoms with van der Waals surface area (Å²) in [4.78, 5) is 5.58. The standard InChI is InChI=1S/C21H48B2N2/c1-11-15-22(14-4)24(20(5,6)7)18-19-25(21(8,9)10)23(16-12-2)17-13-3/h11-19H2,1-10H3. The van der Waals surface area contributed by atoms with Crippen molar-refractivity contribution in [1.29, 1.82) is 0 Å². The van der Waals surface area contributed by atoms with Crippen molar-refractivity contribution >= 4 is 13.7 Å². The average molecular weight is 350 g/mol. The molecule has 0 amide bonds. The zero-order valence-electron chi connectivity index (χ0n) is 19.4. The fraction of sp³-hybridized carbons (Fsp3) is 1.00. The molecule has 0 fully saturated rings. The lowest BCUT2D eigenvalue weighted by molar-refractivity contribution is 0.186. The predicted octanol–water partition coefficient (Wildman–Crippen LogP) is 6.42. The molecule has 25 heavy (non-hydrogen) atoms. The van der Waals surface area contributed by atoms with Gasteiger partial charge in [0, 0.05) is 11.1 Å². The second kappa shape index (κ2) is 11.7. The van der Waals surface area contributed by atoms with Crippen molar-refractivity contribution in [3.63, 3.8) is 0 Å². The van der Waals surface area contributed by atoms with Crippen LogP contribution in [0.3, 0.4) is 0 Å². The third-order valence-electron chi connectivity index (χ3n) is 5.52. The van der Waals surface area contributed by atoms with Gasteiger partial charge in [-0.25, -0.2) is 0 Å². The maximum atomic E-state index is 2.80. The largest absolute Gasteiger partial charge is 0.336 e. The molecule has 0 rings (SSSR count). The zero-order valence-corrected chi connectivity index (χ0v) is 19.4. The molecule has 0 aliphatic carbocycles. The van der Waals surface area contributed by atoms with Crippen LogP contribution >= 0.6 is 0 Å². The van der Waals surface area contributed by atoms with Crippen molar-refractivity contribution in [1.82, 2.24) is 9.62 Å². The van der Waals surface area contributed by atoms with Gasteiger partial charge in [-0.05, 0) is 54.6 Å². The van der Waals surface area contributed by atoms with Gasteiger partial charge >= 0.3 is 0 Å². The van der Waals surface area contributed by atoms with Gasteiger partial charge in [-0.3, -0.25) is 0 Å². The van der Waals surface area contributed by atoms with E-state index in [1.54, 1.807) is 0 Å². The molecular formula is C21H48B2N2. The van der Waals surface area contributed by atoms with Gasteiger partial charge in [0.2, 0.25) is 13.7 Å². The van der Waals surface area contributed by atoms with E-state index in [4.69, 9.17) is 0 Å². The van der Waals surface area contributed by atoms with Crippen molar-refractivity contribution in [2.45, 2.75) is 125 Å². The van der Waals surface area contributed by atoms with Crippen LogP contribution in [0, 0.1) is 0 Å². The third kappa shape index (κ3) is 9.00. The van der Waals surface area contributed by atoms with Gasteiger partial charge in [-0.2, -0.15) is 0 Å². The van der Waals surface area contributed by atoms with E-state index in [9.17, 15) is 0 Å². The van der Waals surface area contributed by atoms with Gasteiger partial charge in [0.1, 0.15) is 0 Å². The van der Waals surface area contributed by atoms with Gasteiger partial charge in [-0.1, -0.05) is 72.2 Å². The summed E-state index contributed by atoms with van der Waals surface area (Å²) in [5.41, 5.74) is 0.482. The molecule has 0 N–H and O–H groups in total. The first-order valence-corrected chi connectivity index (χ1v) is 11.1. The summed E-state index contributed by atoms with van der Waals surface area (Å²) >= 11 is 0. The van der Waals surface area contributed by atoms with E-state index >= 15 is 0 Å². The van der Waals surface area contributed by atoms with Gasteiger partial charge in [-0.15, -0.1) is 0 Å². The molecule has 0 spiro atoms. The topological polar surface area (TPSA) is 6.48 Å². The summed E-state index contributed by atoms with van der Waals surface area (Å²) in [6.07, 6.45) is 9.08. The van der Waals surface area contributed by atoms with Crippen LogP contribution in [0.2, 0.25) is 25.3 Å². The van der Waals surface area contributed by atoms with Crippen molar-refractivity contribution in [2.75, 3.05) is 13.1 Å². The van der Waals surface area contributed by atoms with E-state index < -0.39 is 0 Å². The minimum atomic E-state index is 0.240. The lowest BCUT2D eigenvalue weighted by Crippen LogP contribution is -2.57. The first-order valence-electron chi connectivity index (χ1n) is 11.1. The summed E-state index contributed by atoms with van der Waals surface area (Å²) < 4.78 is 0. The summed E-state index contributed by atoms with van der Waals surface area (Å²) in [7, 11) is 0. The smallest absolute Gasteiger partial charge is 0.223 e. The Kier molecular flexibility index (Phi) is 11.7. The second-order valence-electron chi connectivity index (χ2n) is 9.81. The van der Waals surface area contributed by atoms with Crippen LogP contribution in [-0.4, -0.2) is 47.5 Å². The third-order valence-corrected chi connectivity index (χ3v) is 5.52. The minimum absolute atomic E-state index is 0.240. The maximum Gasteiger partial charge on any atom is 0.223 e. The Bertz CT molecular complexity index is 328. The highest BCUT2D eigenvalue weighted by atomic mass is 15.2. The molecule has 0 heterocycles. The highest BCUT2D eigenvalue weighted by Crippen LogP contribution is 2.24. The van der Waals surface area contributed by atoms with E-state index in [-0.39, 0.29) is 11.1 Å². The lowest BCUT2D eigenvalue weighted by Gasteiger charge is -2.46. The Morgan fingerprint density at radius 3 is 1.16 bits per heavy atom. The molecule has 0 aromatic heterocycles. The predicted molar refractivity (Wildman–Crippen MR) is 120 cm³/mol. The van der Waals surface area contributed by atoms with Crippen LogP contribution < -0.4 is 0 Å². The number of nitrogens with zero attached hydrogens (tertiary/aromatic N) is 2. The van der Waals surface area contributed by atoms with Gasteiger partial charge in [0.25, 0.3) is 0 Å². The van der Waals surface area contributed by atoms with Crippen LogP contribution in [0.5, 0.6) is 0 Å². The summed E-state index contributed by atoms with van der Waals surface area (Å²) in [5.74, 6) is 0. The molecule has 0 aromatic carbocycles. The Morgan fingerprint density at radius 1 is 0.560 bits per heavy atom. The normalized spacial score (nSPS) is 13.0. The fourth-order valence-corrected chi connectivity index (χ4v) is 4.38. The Morgan fingerprint density at radius 2 is 0.880 bits per heavy atom. The summed E-state index contributed by atoms with van der Waals surface area (Å²) in [6, 6.07) is 0. The monoisotopic (exact) mass is 350 g/mol. The highest BCUT2D eigenvalue weighted by Gasteiger charge is 2.34. The Balaban J connectivity index is 5.31. The molecule has 148 valence electrons. The molecule has 0 bridgehead atoms. The first-order chi connectivity index (χ1) is 11.5. The molecule has 0 unspecified atom stereocenters. The average Bonchev–Trinajstić information content (AvgIpc) is 2.47. The molecular weight excluding hydrogens is 302 g/mol. The molecule has 0 radical (unpaired) electrons. The second-order valence-corrected chi connectivity index (χ2v) is 9.81. The van der Waals surface area contributed by atoms with Gasteiger partial charge in [0.05, 0.1) is 0 Å². The van der Waals surface area contributed by atoms with Crippen LogP contribution in [0.25, 0.3) is 0 Å². The SMILES string of the molecule is CCCB(CC)N(CCN(B(CCC)CCC)C(C)(C)C)C(C)(C)C. The Hall–Kier alpha value is 0.0499. The van der Waals surface area contributed by atoms with Gasteiger partial charge < -0.3 is 9.62 Å². The quantitative estimate of drug-likeness (QED) is 0.375.